The number of primary amides is 1. The van der Waals surface area contributed by atoms with Crippen molar-refractivity contribution in [2.75, 3.05) is 0 Å². The molecule has 0 fully saturated rings. The number of aromatic amines is 1. The molecule has 0 unspecified atom stereocenters. The van der Waals surface area contributed by atoms with Crippen LogP contribution in [0.15, 0.2) is 18.3 Å². The van der Waals surface area contributed by atoms with Crippen molar-refractivity contribution < 1.29 is 14.7 Å². The topological polar surface area (TPSA) is 170 Å². The molecule has 12 heteroatoms. The summed E-state index contributed by atoms with van der Waals surface area (Å²) in [6.45, 7) is 1.98. The van der Waals surface area contributed by atoms with Gasteiger partial charge in [0.25, 0.3) is 5.91 Å². The van der Waals surface area contributed by atoms with E-state index in [1.54, 1.807) is 41.7 Å². The Labute approximate surface area is 163 Å². The number of pyridine rings is 1. The molecule has 0 atom stereocenters. The molecule has 0 aliphatic rings. The molecule has 0 aliphatic carbocycles. The average Bonchev–Trinajstić information content (AvgIpc) is 3.38. The molecule has 4 aromatic heterocycles. The molecular weight excluding hydrogens is 378 g/mol. The molecule has 148 valence electrons. The van der Waals surface area contributed by atoms with Crippen molar-refractivity contribution in [1.29, 1.82) is 0 Å². The highest BCUT2D eigenvalue weighted by molar-refractivity contribution is 5.98. The molecule has 4 N–H and O–H groups in total. The Bertz CT molecular complexity index is 1250. The fourth-order valence-corrected chi connectivity index (χ4v) is 3.03. The maximum absolute atomic E-state index is 11.7. The lowest BCUT2D eigenvalue weighted by atomic mass is 10.2. The van der Waals surface area contributed by atoms with Gasteiger partial charge in [0, 0.05) is 12.4 Å². The van der Waals surface area contributed by atoms with E-state index >= 15 is 0 Å². The van der Waals surface area contributed by atoms with E-state index in [1.807, 2.05) is 0 Å². The average molecular weight is 395 g/mol. The van der Waals surface area contributed by atoms with Crippen LogP contribution >= 0.6 is 0 Å². The van der Waals surface area contributed by atoms with Crippen LogP contribution < -0.4 is 5.73 Å². The molecular formula is C17H17N9O3. The number of amides is 1. The number of aliphatic carboxylic acids is 1. The number of carbonyl (C=O) groups excluding carboxylic acids is 1. The maximum atomic E-state index is 11.7. The van der Waals surface area contributed by atoms with E-state index < -0.39 is 11.9 Å². The predicted molar refractivity (Wildman–Crippen MR) is 101 cm³/mol. The number of nitrogens with two attached hydrogens (primary N) is 1. The molecule has 0 aliphatic heterocycles. The summed E-state index contributed by atoms with van der Waals surface area (Å²) in [6, 6.07) is 3.33. The molecule has 4 rings (SSSR count). The normalized spacial score (nSPS) is 11.2. The molecule has 4 aromatic rings. The highest BCUT2D eigenvalue weighted by Gasteiger charge is 2.19. The van der Waals surface area contributed by atoms with Gasteiger partial charge in [-0.05, 0) is 19.1 Å². The highest BCUT2D eigenvalue weighted by atomic mass is 16.4. The van der Waals surface area contributed by atoms with Gasteiger partial charge in [-0.3, -0.25) is 24.1 Å². The van der Waals surface area contributed by atoms with E-state index in [4.69, 9.17) is 10.8 Å². The molecule has 0 bridgehead atoms. The third kappa shape index (κ3) is 3.31. The van der Waals surface area contributed by atoms with Crippen LogP contribution in [-0.2, 0) is 18.4 Å². The maximum Gasteiger partial charge on any atom is 0.305 e. The van der Waals surface area contributed by atoms with Crippen LogP contribution in [-0.4, -0.2) is 56.7 Å². The second kappa shape index (κ2) is 6.82. The summed E-state index contributed by atoms with van der Waals surface area (Å²) in [4.78, 5) is 31.4. The lowest BCUT2D eigenvalue weighted by molar-refractivity contribution is -0.137. The predicted octanol–water partition coefficient (Wildman–Crippen LogP) is 0.499. The molecule has 29 heavy (non-hydrogen) atoms. The molecule has 4 heterocycles. The number of rotatable bonds is 6. The number of carboxylic acid groups (broad SMARTS) is 1. The summed E-state index contributed by atoms with van der Waals surface area (Å²) >= 11 is 0. The summed E-state index contributed by atoms with van der Waals surface area (Å²) in [5.74, 6) is -0.943. The fraction of sp³-hybridized carbons (Fsp3) is 0.235. The first-order valence-electron chi connectivity index (χ1n) is 8.65. The van der Waals surface area contributed by atoms with Gasteiger partial charge in [0.1, 0.15) is 17.1 Å². The Morgan fingerprint density at radius 3 is 2.79 bits per heavy atom. The van der Waals surface area contributed by atoms with Crippen LogP contribution in [0.4, 0.5) is 0 Å². The summed E-state index contributed by atoms with van der Waals surface area (Å²) in [5.41, 5.74) is 7.82. The molecule has 0 saturated carbocycles. The second-order valence-electron chi connectivity index (χ2n) is 6.47. The Balaban J connectivity index is 1.80. The van der Waals surface area contributed by atoms with Crippen molar-refractivity contribution in [3.05, 3.63) is 29.7 Å². The standard InChI is InChI=1S/C17H17N9O3/c1-8-5-12(26(24-8)4-3-13(27)28)16-21-17(23-22-16)14-9-7-19-25(2)11(9)6-10(20-14)15(18)29/h5-7H,3-4H2,1-2H3,(H2,18,29)(H,27,28)(H,21,22,23). The van der Waals surface area contributed by atoms with Crippen LogP contribution in [0.5, 0.6) is 0 Å². The van der Waals surface area contributed by atoms with Crippen molar-refractivity contribution in [2.45, 2.75) is 19.9 Å². The van der Waals surface area contributed by atoms with Crippen LogP contribution in [0.2, 0.25) is 0 Å². The number of fused-ring (bicyclic) bond motifs is 1. The summed E-state index contributed by atoms with van der Waals surface area (Å²) in [7, 11) is 1.74. The van der Waals surface area contributed by atoms with Gasteiger partial charge in [0.05, 0.1) is 30.4 Å². The van der Waals surface area contributed by atoms with Gasteiger partial charge in [-0.15, -0.1) is 0 Å². The van der Waals surface area contributed by atoms with Gasteiger partial charge in [-0.25, -0.2) is 9.97 Å². The first-order chi connectivity index (χ1) is 13.8. The van der Waals surface area contributed by atoms with Crippen molar-refractivity contribution in [3.63, 3.8) is 0 Å². The third-order valence-electron chi connectivity index (χ3n) is 4.38. The SMILES string of the molecule is Cc1cc(-c2n[nH]c(-c3nc(C(N)=O)cc4c3cnn4C)n2)n(CCC(=O)O)n1. The number of nitrogens with zero attached hydrogens (tertiary/aromatic N) is 7. The summed E-state index contributed by atoms with van der Waals surface area (Å²) in [5, 5.41) is 25.2. The number of aromatic nitrogens is 8. The number of hydrogen-bond donors (Lipinski definition) is 3. The van der Waals surface area contributed by atoms with E-state index in [1.165, 1.54) is 0 Å². The Morgan fingerprint density at radius 2 is 2.07 bits per heavy atom. The van der Waals surface area contributed by atoms with E-state index in [0.29, 0.717) is 39.6 Å². The summed E-state index contributed by atoms with van der Waals surface area (Å²) < 4.78 is 3.15. The third-order valence-corrected chi connectivity index (χ3v) is 4.38. The van der Waals surface area contributed by atoms with Crippen LogP contribution in [0.25, 0.3) is 33.9 Å². The van der Waals surface area contributed by atoms with Gasteiger partial charge in [-0.2, -0.15) is 15.3 Å². The summed E-state index contributed by atoms with van der Waals surface area (Å²) in [6.07, 6.45) is 1.54. The van der Waals surface area contributed by atoms with Crippen molar-refractivity contribution >= 4 is 22.8 Å². The van der Waals surface area contributed by atoms with E-state index in [9.17, 15) is 9.59 Å². The number of carboxylic acids is 1. The lowest BCUT2D eigenvalue weighted by Crippen LogP contribution is -2.13. The molecule has 0 radical (unpaired) electrons. The largest absolute Gasteiger partial charge is 0.481 e. The first-order valence-corrected chi connectivity index (χ1v) is 8.65. The van der Waals surface area contributed by atoms with Crippen molar-refractivity contribution in [1.82, 2.24) is 39.7 Å². The molecule has 1 amide bonds. The van der Waals surface area contributed by atoms with Crippen molar-refractivity contribution in [3.8, 4) is 23.0 Å². The Morgan fingerprint density at radius 1 is 1.28 bits per heavy atom. The number of nitrogens with one attached hydrogen (secondary N) is 1. The quantitative estimate of drug-likeness (QED) is 0.423. The van der Waals surface area contributed by atoms with Gasteiger partial charge in [0.2, 0.25) is 0 Å². The van der Waals surface area contributed by atoms with Crippen LogP contribution in [0, 0.1) is 6.92 Å². The second-order valence-corrected chi connectivity index (χ2v) is 6.47. The number of carbonyl (C=O) groups is 2. The molecule has 12 nitrogen and oxygen atoms in total. The zero-order chi connectivity index (χ0) is 20.7. The van der Waals surface area contributed by atoms with Crippen LogP contribution in [0.3, 0.4) is 0 Å². The zero-order valence-corrected chi connectivity index (χ0v) is 15.6. The lowest BCUT2D eigenvalue weighted by Gasteiger charge is -2.03. The minimum Gasteiger partial charge on any atom is -0.481 e. The van der Waals surface area contributed by atoms with E-state index in [-0.39, 0.29) is 18.7 Å². The molecule has 0 saturated heterocycles. The van der Waals surface area contributed by atoms with E-state index in [2.05, 4.69) is 30.4 Å². The monoisotopic (exact) mass is 395 g/mol. The van der Waals surface area contributed by atoms with Gasteiger partial charge in [0.15, 0.2) is 11.6 Å². The van der Waals surface area contributed by atoms with Gasteiger partial charge in [-0.1, -0.05) is 0 Å². The molecule has 0 spiro atoms. The van der Waals surface area contributed by atoms with Gasteiger partial charge < -0.3 is 10.8 Å². The van der Waals surface area contributed by atoms with Crippen molar-refractivity contribution in [2.24, 2.45) is 12.8 Å². The number of hydrogen-bond acceptors (Lipinski definition) is 7. The number of aryl methyl sites for hydroxylation is 3. The van der Waals surface area contributed by atoms with Gasteiger partial charge >= 0.3 is 5.97 Å². The Kier molecular flexibility index (Phi) is 4.30. The fourth-order valence-electron chi connectivity index (χ4n) is 3.03. The van der Waals surface area contributed by atoms with E-state index in [0.717, 1.165) is 0 Å². The smallest absolute Gasteiger partial charge is 0.305 e. The first kappa shape index (κ1) is 18.3. The molecule has 0 aromatic carbocycles. The minimum absolute atomic E-state index is 0.0794. The highest BCUT2D eigenvalue weighted by Crippen LogP contribution is 2.27. The Hall–Kier alpha value is -4.09. The zero-order valence-electron chi connectivity index (χ0n) is 15.6. The van der Waals surface area contributed by atoms with Crippen LogP contribution in [0.1, 0.15) is 22.6 Å². The minimum atomic E-state index is -0.925. The number of H-pyrrole nitrogens is 1.